The first-order valence-electron chi connectivity index (χ1n) is 14.7. The molecule has 8 N–H and O–H groups in total. The number of ether oxygens (including phenoxy) is 3. The van der Waals surface area contributed by atoms with Gasteiger partial charge in [0.2, 0.25) is 12.2 Å². The summed E-state index contributed by atoms with van der Waals surface area (Å²) in [6.45, 7) is -6.75. The van der Waals surface area contributed by atoms with Crippen LogP contribution in [0.4, 0.5) is 11.9 Å². The molecule has 0 spiro atoms. The molecule has 53 heavy (non-hydrogen) atoms. The zero-order valence-electron chi connectivity index (χ0n) is 26.8. The maximum atomic E-state index is 12.6. The molecule has 2 aliphatic heterocycles. The summed E-state index contributed by atoms with van der Waals surface area (Å²) >= 11 is -0.189. The van der Waals surface area contributed by atoms with E-state index in [2.05, 4.69) is 38.1 Å². The Balaban J connectivity index is 1.06. The second-order valence-electron chi connectivity index (χ2n) is 11.4. The number of aromatic nitrogens is 8. The zero-order chi connectivity index (χ0) is 38.8. The van der Waals surface area contributed by atoms with Crippen LogP contribution in [-0.4, -0.2) is 105 Å². The minimum Gasteiger partial charge on any atom is -0.856 e. The van der Waals surface area contributed by atoms with Gasteiger partial charge in [0.25, 0.3) is 27.2 Å². The van der Waals surface area contributed by atoms with Crippen LogP contribution in [0.1, 0.15) is 12.5 Å². The summed E-state index contributed by atoms with van der Waals surface area (Å²) < 4.78 is 69.9. The Kier molecular flexibility index (Phi) is 10.8. The molecule has 31 heteroatoms. The van der Waals surface area contributed by atoms with E-state index < -0.39 is 95.3 Å². The summed E-state index contributed by atoms with van der Waals surface area (Å²) in [5, 5.41) is 44.1. The van der Waals surface area contributed by atoms with Crippen molar-refractivity contribution in [3.63, 3.8) is 0 Å². The number of aliphatic hydroxyl groups is 3. The number of nitrogens with one attached hydrogen (secondary N) is 1. The number of phosphoric acid groups is 2. The van der Waals surface area contributed by atoms with Crippen LogP contribution in [0.3, 0.4) is 0 Å². The lowest BCUT2D eigenvalue weighted by Gasteiger charge is -2.35. The average molecular weight is 830 g/mol. The highest BCUT2D eigenvalue weighted by atomic mass is 32.7. The number of nitrogens with two attached hydrogens (primary N) is 2. The van der Waals surface area contributed by atoms with E-state index in [1.54, 1.807) is 0 Å². The number of imidazole rings is 2. The molecule has 6 heterocycles. The fraction of sp³-hybridized carbons (Fsp3) is 0.545. The molecule has 4 aromatic heterocycles. The Hall–Kier alpha value is -3.14. The van der Waals surface area contributed by atoms with Gasteiger partial charge in [-0.05, 0) is 0 Å². The number of hydrogen-bond acceptors (Lipinski definition) is 24. The smallest absolute Gasteiger partial charge is 0.309 e. The fourth-order valence-electron chi connectivity index (χ4n) is 5.61. The molecule has 2 fully saturated rings. The lowest BCUT2D eigenvalue weighted by molar-refractivity contribution is -0.745. The Labute approximate surface area is 298 Å². The van der Waals surface area contributed by atoms with Gasteiger partial charge in [0.1, 0.15) is 30.5 Å². The van der Waals surface area contributed by atoms with E-state index in [9.17, 15) is 53.6 Å². The summed E-state index contributed by atoms with van der Waals surface area (Å²) in [6.07, 6.45) is -9.72. The standard InChI is InChI=1S/C22H31N10O17P3S/c1-30-6-32(16-10(30)18(37)29-22(24)27-16)20-14(44-2)12(34)8(47-20)4-53-52(42,43)49-51(40,41)48-50(38,39)45-3-7-11(33)13(35)19(46-7)31-5-25-9-15(31)26-21(23)28-17(9)36/h5-8,11-14,19-20,33-35H,3-4H2,1-2H3,(H8-,23,24,26,27,28,29,36,37,38,39,40,41,42,43)/p-3/t7-,8-,11+,12?,13?,14+,19-,20-/m1/s1. The number of hydrogen-bond donors (Lipinski definition) is 6. The molecular weight excluding hydrogens is 801 g/mol. The van der Waals surface area contributed by atoms with E-state index in [4.69, 9.17) is 25.7 Å². The van der Waals surface area contributed by atoms with E-state index in [1.165, 1.54) is 29.6 Å². The van der Waals surface area contributed by atoms with Crippen LogP contribution in [0.2, 0.25) is 0 Å². The lowest BCUT2D eigenvalue weighted by atomic mass is 10.1. The molecule has 0 aliphatic carbocycles. The van der Waals surface area contributed by atoms with Gasteiger partial charge in [0.15, 0.2) is 36.0 Å². The zero-order valence-corrected chi connectivity index (χ0v) is 30.3. The number of nitrogen functional groups attached to an aromatic ring is 2. The SMILES string of the molecule is CO[C@H]1C(O)[C@@H](CSP(=O)([O-])OP(=O)([O-])OP(=O)([O-])OC[C@H]2O[C@@H](n3cnc4c(=O)[nH]c(N)nc43)C(O)[C@H]2O)O[C@H]1[n+]1cn(C)c2c([O-])nc(N)nc21. The lowest BCUT2D eigenvalue weighted by Crippen LogP contribution is -2.46. The number of aliphatic hydroxyl groups excluding tert-OH is 3. The van der Waals surface area contributed by atoms with Crippen LogP contribution < -0.4 is 41.4 Å². The molecule has 2 saturated heterocycles. The normalized spacial score (nSPS) is 29.7. The van der Waals surface area contributed by atoms with Crippen molar-refractivity contribution >= 4 is 68.0 Å². The Bertz CT molecular complexity index is 2240. The number of nitrogens with zero attached hydrogens (tertiary/aromatic N) is 7. The van der Waals surface area contributed by atoms with Gasteiger partial charge in [-0.1, -0.05) is 16.4 Å². The van der Waals surface area contributed by atoms with Crippen LogP contribution in [0.5, 0.6) is 5.88 Å². The number of fused-ring (bicyclic) bond motifs is 2. The maximum Gasteiger partial charge on any atom is 0.309 e. The third kappa shape index (κ3) is 7.99. The molecule has 0 amide bonds. The maximum absolute atomic E-state index is 12.6. The molecule has 0 saturated carbocycles. The van der Waals surface area contributed by atoms with Gasteiger partial charge in [-0.2, -0.15) is 4.98 Å². The molecule has 2 aliphatic rings. The Morgan fingerprint density at radius 2 is 1.75 bits per heavy atom. The third-order valence-electron chi connectivity index (χ3n) is 7.86. The highest BCUT2D eigenvalue weighted by Gasteiger charge is 2.49. The van der Waals surface area contributed by atoms with Gasteiger partial charge in [-0.3, -0.25) is 36.9 Å². The van der Waals surface area contributed by atoms with Crippen molar-refractivity contribution in [3.8, 4) is 5.88 Å². The largest absolute Gasteiger partial charge is 0.856 e. The van der Waals surface area contributed by atoms with E-state index in [1.807, 2.05) is 0 Å². The van der Waals surface area contributed by atoms with Gasteiger partial charge in [0.05, 0.1) is 26.1 Å². The van der Waals surface area contributed by atoms with E-state index >= 15 is 0 Å². The number of aryl methyl sites for hydroxylation is 1. The van der Waals surface area contributed by atoms with Crippen molar-refractivity contribution in [2.45, 2.75) is 49.1 Å². The molecular formula is C22H28N10O17P3S-3. The predicted octanol–water partition coefficient (Wildman–Crippen LogP) is -5.29. The van der Waals surface area contributed by atoms with E-state index in [-0.39, 0.29) is 45.6 Å². The van der Waals surface area contributed by atoms with Crippen molar-refractivity contribution in [3.05, 3.63) is 23.0 Å². The first kappa shape index (κ1) is 39.6. The van der Waals surface area contributed by atoms with Crippen LogP contribution in [0, 0.1) is 0 Å². The van der Waals surface area contributed by atoms with Crippen molar-refractivity contribution in [1.82, 2.24) is 34.1 Å². The molecule has 292 valence electrons. The quantitative estimate of drug-likeness (QED) is 0.0541. The van der Waals surface area contributed by atoms with Gasteiger partial charge < -0.3 is 65.3 Å². The Morgan fingerprint density at radius 3 is 2.45 bits per heavy atom. The van der Waals surface area contributed by atoms with Crippen molar-refractivity contribution in [1.29, 1.82) is 0 Å². The Morgan fingerprint density at radius 1 is 1.04 bits per heavy atom. The third-order valence-corrected chi connectivity index (χ3v) is 14.3. The topological polar surface area (TPSA) is 410 Å². The summed E-state index contributed by atoms with van der Waals surface area (Å²) in [5.74, 6) is -2.08. The van der Waals surface area contributed by atoms with Crippen molar-refractivity contribution < 1.29 is 80.7 Å². The summed E-state index contributed by atoms with van der Waals surface area (Å²) in [4.78, 5) is 66.9. The van der Waals surface area contributed by atoms with Gasteiger partial charge in [-0.25, -0.2) is 18.8 Å². The average Bonchev–Trinajstić information content (AvgIpc) is 3.77. The molecule has 27 nitrogen and oxygen atoms in total. The number of rotatable bonds is 13. The monoisotopic (exact) mass is 829 g/mol. The highest BCUT2D eigenvalue weighted by Crippen LogP contribution is 2.67. The molecule has 6 rings (SSSR count). The van der Waals surface area contributed by atoms with Gasteiger partial charge >= 0.3 is 5.65 Å². The summed E-state index contributed by atoms with van der Waals surface area (Å²) in [6, 6.07) is 0. The highest BCUT2D eigenvalue weighted by molar-refractivity contribution is 8.54. The second-order valence-corrected chi connectivity index (χ2v) is 18.3. The van der Waals surface area contributed by atoms with Crippen LogP contribution in [-0.2, 0) is 48.1 Å². The minimum atomic E-state index is -6.26. The molecule has 5 unspecified atom stereocenters. The van der Waals surface area contributed by atoms with E-state index in [0.29, 0.717) is 0 Å². The summed E-state index contributed by atoms with van der Waals surface area (Å²) in [7, 11) is -9.52. The van der Waals surface area contributed by atoms with Crippen LogP contribution in [0.25, 0.3) is 22.3 Å². The molecule has 4 aromatic rings. The molecule has 0 radical (unpaired) electrons. The van der Waals surface area contributed by atoms with Crippen molar-refractivity contribution in [2.24, 2.45) is 7.05 Å². The number of H-pyrrole nitrogens is 1. The fourth-order valence-corrected chi connectivity index (χ4v) is 11.4. The van der Waals surface area contributed by atoms with Crippen LogP contribution in [0.15, 0.2) is 17.4 Å². The first-order chi connectivity index (χ1) is 24.7. The van der Waals surface area contributed by atoms with E-state index in [0.717, 1.165) is 10.9 Å². The number of methoxy groups -OCH3 is 1. The van der Waals surface area contributed by atoms with Gasteiger partial charge in [0, 0.05) is 18.7 Å². The number of aromatic amines is 1. The number of phosphoric ester groups is 1. The van der Waals surface area contributed by atoms with Gasteiger partial charge in [-0.15, -0.1) is 0 Å². The predicted molar refractivity (Wildman–Crippen MR) is 165 cm³/mol. The molecule has 11 atom stereocenters. The molecule has 0 bridgehead atoms. The van der Waals surface area contributed by atoms with Crippen LogP contribution >= 0.6 is 33.8 Å². The summed E-state index contributed by atoms with van der Waals surface area (Å²) in [5.41, 5.74) is 10.1. The second kappa shape index (κ2) is 14.5. The minimum absolute atomic E-state index is 0.00150. The van der Waals surface area contributed by atoms with Crippen molar-refractivity contribution in [2.75, 3.05) is 30.9 Å². The number of anilines is 2. The first-order valence-corrected chi connectivity index (χ1v) is 20.7. The molecule has 0 aromatic carbocycles.